The van der Waals surface area contributed by atoms with Crippen molar-refractivity contribution in [2.75, 3.05) is 13.1 Å². The summed E-state index contributed by atoms with van der Waals surface area (Å²) in [5.74, 6) is 0. The number of hydrogen-bond donors (Lipinski definition) is 1. The second-order valence-corrected chi connectivity index (χ2v) is 4.96. The third-order valence-electron chi connectivity index (χ3n) is 2.83. The lowest BCUT2D eigenvalue weighted by molar-refractivity contribution is 0.0249. The van der Waals surface area contributed by atoms with E-state index < -0.39 is 5.60 Å². The molecule has 2 nitrogen and oxygen atoms in total. The Morgan fingerprint density at radius 1 is 1.25 bits per heavy atom. The lowest BCUT2D eigenvalue weighted by Crippen LogP contribution is -2.39. The van der Waals surface area contributed by atoms with Crippen molar-refractivity contribution in [3.8, 4) is 0 Å². The zero-order chi connectivity index (χ0) is 12.2. The van der Waals surface area contributed by atoms with Crippen LogP contribution in [0.5, 0.6) is 0 Å². The van der Waals surface area contributed by atoms with Crippen molar-refractivity contribution < 1.29 is 5.11 Å². The lowest BCUT2D eigenvalue weighted by Gasteiger charge is -2.33. The fraction of sp³-hybridized carbons (Fsp3) is 0.571. The zero-order valence-electron chi connectivity index (χ0n) is 10.8. The van der Waals surface area contributed by atoms with Crippen molar-refractivity contribution in [3.05, 3.63) is 35.9 Å². The number of nitrogens with zero attached hydrogens (tertiary/aromatic N) is 1. The first-order valence-corrected chi connectivity index (χ1v) is 5.95. The Balaban J connectivity index is 2.74. The highest BCUT2D eigenvalue weighted by molar-refractivity contribution is 5.18. The van der Waals surface area contributed by atoms with E-state index in [1.807, 2.05) is 19.9 Å². The van der Waals surface area contributed by atoms with Gasteiger partial charge < -0.3 is 5.11 Å². The van der Waals surface area contributed by atoms with Gasteiger partial charge in [0.25, 0.3) is 0 Å². The van der Waals surface area contributed by atoms with Crippen LogP contribution in [0.25, 0.3) is 0 Å². The monoisotopic (exact) mass is 221 g/mol. The fourth-order valence-corrected chi connectivity index (χ4v) is 1.96. The van der Waals surface area contributed by atoms with Crippen molar-refractivity contribution >= 4 is 0 Å². The van der Waals surface area contributed by atoms with Gasteiger partial charge in [-0.1, -0.05) is 37.3 Å². The molecule has 0 amide bonds. The van der Waals surface area contributed by atoms with Gasteiger partial charge >= 0.3 is 0 Å². The molecule has 1 rings (SSSR count). The van der Waals surface area contributed by atoms with E-state index in [4.69, 9.17) is 0 Å². The summed E-state index contributed by atoms with van der Waals surface area (Å²) in [4.78, 5) is 2.29. The Morgan fingerprint density at radius 3 is 2.25 bits per heavy atom. The first-order valence-electron chi connectivity index (χ1n) is 5.95. The molecule has 1 aromatic rings. The largest absolute Gasteiger partial charge is 0.389 e. The second kappa shape index (κ2) is 5.46. The summed E-state index contributed by atoms with van der Waals surface area (Å²) in [7, 11) is 0. The Kier molecular flexibility index (Phi) is 4.51. The molecule has 2 heteroatoms. The highest BCUT2D eigenvalue weighted by Gasteiger charge is 2.21. The van der Waals surface area contributed by atoms with E-state index in [2.05, 4.69) is 43.0 Å². The van der Waals surface area contributed by atoms with Crippen molar-refractivity contribution in [2.24, 2.45) is 0 Å². The minimum atomic E-state index is -0.640. The van der Waals surface area contributed by atoms with E-state index in [1.165, 1.54) is 5.56 Å². The SMILES string of the molecule is CCN(CC(C)(C)O)C(C)c1ccccc1. The third-order valence-corrected chi connectivity index (χ3v) is 2.83. The number of hydrogen-bond acceptors (Lipinski definition) is 2. The summed E-state index contributed by atoms with van der Waals surface area (Å²) in [6.45, 7) is 9.66. The van der Waals surface area contributed by atoms with Crippen LogP contribution in [0.1, 0.15) is 39.3 Å². The van der Waals surface area contributed by atoms with E-state index >= 15 is 0 Å². The summed E-state index contributed by atoms with van der Waals surface area (Å²) in [6.07, 6.45) is 0. The Bertz CT molecular complexity index is 302. The van der Waals surface area contributed by atoms with Crippen LogP contribution < -0.4 is 0 Å². The van der Waals surface area contributed by atoms with E-state index in [1.54, 1.807) is 0 Å². The molecule has 90 valence electrons. The Hall–Kier alpha value is -0.860. The normalized spacial score (nSPS) is 14.1. The number of rotatable bonds is 5. The molecule has 0 aromatic heterocycles. The molecule has 0 saturated carbocycles. The van der Waals surface area contributed by atoms with Crippen molar-refractivity contribution in [1.82, 2.24) is 4.90 Å². The van der Waals surface area contributed by atoms with Crippen LogP contribution in [0, 0.1) is 0 Å². The molecule has 1 aromatic carbocycles. The maximum atomic E-state index is 9.87. The van der Waals surface area contributed by atoms with Crippen LogP contribution in [-0.2, 0) is 0 Å². The van der Waals surface area contributed by atoms with Crippen molar-refractivity contribution in [2.45, 2.75) is 39.3 Å². The quantitative estimate of drug-likeness (QED) is 0.826. The van der Waals surface area contributed by atoms with Crippen LogP contribution in [-0.4, -0.2) is 28.7 Å². The third kappa shape index (κ3) is 3.95. The molecule has 0 aliphatic carbocycles. The standard InChI is InChI=1S/C14H23NO/c1-5-15(11-14(3,4)16)12(2)13-9-7-6-8-10-13/h6-10,12,16H,5,11H2,1-4H3. The highest BCUT2D eigenvalue weighted by Crippen LogP contribution is 2.21. The smallest absolute Gasteiger partial charge is 0.0718 e. The van der Waals surface area contributed by atoms with Crippen LogP contribution in [0.2, 0.25) is 0 Å². The summed E-state index contributed by atoms with van der Waals surface area (Å²) in [5.41, 5.74) is 0.660. The summed E-state index contributed by atoms with van der Waals surface area (Å²) in [6, 6.07) is 10.8. The topological polar surface area (TPSA) is 23.5 Å². The molecule has 0 aliphatic heterocycles. The van der Waals surface area contributed by atoms with Crippen molar-refractivity contribution in [3.63, 3.8) is 0 Å². The van der Waals surface area contributed by atoms with Gasteiger partial charge in [-0.3, -0.25) is 4.90 Å². The van der Waals surface area contributed by atoms with E-state index in [9.17, 15) is 5.11 Å². The number of likely N-dealkylation sites (N-methyl/N-ethyl adjacent to an activating group) is 1. The molecule has 0 radical (unpaired) electrons. The molecule has 1 unspecified atom stereocenters. The molecule has 0 saturated heterocycles. The van der Waals surface area contributed by atoms with Crippen molar-refractivity contribution in [1.29, 1.82) is 0 Å². The van der Waals surface area contributed by atoms with Crippen LogP contribution in [0.4, 0.5) is 0 Å². The highest BCUT2D eigenvalue weighted by atomic mass is 16.3. The first-order chi connectivity index (χ1) is 7.44. The fourth-order valence-electron chi connectivity index (χ4n) is 1.96. The molecule has 1 N–H and O–H groups in total. The molecule has 0 heterocycles. The Labute approximate surface area is 98.9 Å². The van der Waals surface area contributed by atoms with Gasteiger partial charge in [-0.2, -0.15) is 0 Å². The van der Waals surface area contributed by atoms with Gasteiger partial charge in [0.15, 0.2) is 0 Å². The zero-order valence-corrected chi connectivity index (χ0v) is 10.8. The molecule has 1 atom stereocenters. The van der Waals surface area contributed by atoms with Crippen LogP contribution >= 0.6 is 0 Å². The predicted molar refractivity (Wildman–Crippen MR) is 68.4 cm³/mol. The number of benzene rings is 1. The molecular formula is C14H23NO. The van der Waals surface area contributed by atoms with E-state index in [0.717, 1.165) is 6.54 Å². The average molecular weight is 221 g/mol. The minimum Gasteiger partial charge on any atom is -0.389 e. The predicted octanol–water partition coefficient (Wildman–Crippen LogP) is 2.84. The van der Waals surface area contributed by atoms with Crippen LogP contribution in [0.3, 0.4) is 0 Å². The van der Waals surface area contributed by atoms with Gasteiger partial charge in [-0.15, -0.1) is 0 Å². The van der Waals surface area contributed by atoms with Gasteiger partial charge in [0.2, 0.25) is 0 Å². The molecule has 0 spiro atoms. The minimum absolute atomic E-state index is 0.345. The van der Waals surface area contributed by atoms with Gasteiger partial charge in [-0.25, -0.2) is 0 Å². The summed E-state index contributed by atoms with van der Waals surface area (Å²) < 4.78 is 0. The molecule has 0 fully saturated rings. The number of aliphatic hydroxyl groups is 1. The summed E-state index contributed by atoms with van der Waals surface area (Å²) in [5, 5.41) is 9.87. The molecular weight excluding hydrogens is 198 g/mol. The summed E-state index contributed by atoms with van der Waals surface area (Å²) >= 11 is 0. The molecule has 0 bridgehead atoms. The Morgan fingerprint density at radius 2 is 1.81 bits per heavy atom. The lowest BCUT2D eigenvalue weighted by atomic mass is 10.0. The second-order valence-electron chi connectivity index (χ2n) is 4.96. The molecule has 0 aliphatic rings. The van der Waals surface area contributed by atoms with E-state index in [-0.39, 0.29) is 0 Å². The maximum absolute atomic E-state index is 9.87. The maximum Gasteiger partial charge on any atom is 0.0718 e. The average Bonchev–Trinajstić information content (AvgIpc) is 2.25. The van der Waals surface area contributed by atoms with Gasteiger partial charge in [0.1, 0.15) is 0 Å². The van der Waals surface area contributed by atoms with Gasteiger partial charge in [-0.05, 0) is 32.9 Å². The first kappa shape index (κ1) is 13.2. The molecule has 16 heavy (non-hydrogen) atoms. The van der Waals surface area contributed by atoms with Gasteiger partial charge in [0.05, 0.1) is 5.60 Å². The van der Waals surface area contributed by atoms with E-state index in [0.29, 0.717) is 12.6 Å². The van der Waals surface area contributed by atoms with Crippen LogP contribution in [0.15, 0.2) is 30.3 Å². The van der Waals surface area contributed by atoms with Gasteiger partial charge in [0, 0.05) is 12.6 Å².